The average Bonchev–Trinajstić information content (AvgIpc) is 2.90. The van der Waals surface area contributed by atoms with Crippen molar-refractivity contribution in [3.05, 3.63) is 38.3 Å². The van der Waals surface area contributed by atoms with Gasteiger partial charge in [-0.2, -0.15) is 0 Å². The lowest BCUT2D eigenvalue weighted by Crippen LogP contribution is -2.38. The van der Waals surface area contributed by atoms with Crippen molar-refractivity contribution in [2.75, 3.05) is 20.1 Å². The maximum absolute atomic E-state index is 12.3. The molecule has 1 atom stereocenters. The van der Waals surface area contributed by atoms with E-state index in [0.29, 0.717) is 4.47 Å². The smallest absolute Gasteiger partial charge is 0.283 e. The zero-order valence-electron chi connectivity index (χ0n) is 10.4. The van der Waals surface area contributed by atoms with Crippen molar-refractivity contribution >= 4 is 27.5 Å². The normalized spacial score (nSPS) is 18.3. The van der Waals surface area contributed by atoms with Crippen molar-refractivity contribution in [2.45, 2.75) is 12.5 Å². The molecular weight excluding hydrogens is 314 g/mol. The minimum absolute atomic E-state index is 0.0933. The molecule has 0 bridgehead atoms. The molecule has 1 aromatic carbocycles. The number of rotatable bonds is 3. The molecule has 6 nitrogen and oxygen atoms in total. The molecule has 0 radical (unpaired) electrons. The van der Waals surface area contributed by atoms with E-state index in [9.17, 15) is 14.9 Å². The number of likely N-dealkylation sites (N-methyl/N-ethyl adjacent to an activating group) is 1. The Morgan fingerprint density at radius 1 is 1.58 bits per heavy atom. The minimum atomic E-state index is -0.529. The highest BCUT2D eigenvalue weighted by Gasteiger charge is 2.28. The van der Waals surface area contributed by atoms with Crippen LogP contribution in [0.2, 0.25) is 0 Å². The molecule has 102 valence electrons. The molecule has 1 aliphatic rings. The molecule has 0 aromatic heterocycles. The number of halogens is 1. The second kappa shape index (κ2) is 5.66. The summed E-state index contributed by atoms with van der Waals surface area (Å²) in [5.74, 6) is -0.312. The van der Waals surface area contributed by atoms with Gasteiger partial charge >= 0.3 is 0 Å². The maximum atomic E-state index is 12.3. The summed E-state index contributed by atoms with van der Waals surface area (Å²) in [6.07, 6.45) is 0.868. The van der Waals surface area contributed by atoms with Crippen LogP contribution in [-0.2, 0) is 0 Å². The van der Waals surface area contributed by atoms with Gasteiger partial charge in [-0.25, -0.2) is 0 Å². The van der Waals surface area contributed by atoms with Crippen LogP contribution in [0, 0.1) is 10.1 Å². The van der Waals surface area contributed by atoms with Gasteiger partial charge in [-0.15, -0.1) is 0 Å². The number of nitro groups is 1. The number of amides is 1. The number of nitrogens with zero attached hydrogens (tertiary/aromatic N) is 2. The largest absolute Gasteiger partial charge is 0.337 e. The number of carbonyl (C=O) groups is 1. The van der Waals surface area contributed by atoms with E-state index in [1.165, 1.54) is 12.1 Å². The molecule has 1 aromatic rings. The quantitative estimate of drug-likeness (QED) is 0.678. The predicted octanol–water partition coefficient (Wildman–Crippen LogP) is 1.79. The zero-order chi connectivity index (χ0) is 14.0. The molecule has 1 unspecified atom stereocenters. The summed E-state index contributed by atoms with van der Waals surface area (Å²) >= 11 is 3.18. The lowest BCUT2D eigenvalue weighted by atomic mass is 10.1. The van der Waals surface area contributed by atoms with E-state index in [-0.39, 0.29) is 23.2 Å². The lowest BCUT2D eigenvalue weighted by molar-refractivity contribution is -0.385. The van der Waals surface area contributed by atoms with Gasteiger partial charge < -0.3 is 10.2 Å². The summed E-state index contributed by atoms with van der Waals surface area (Å²) in [6.45, 7) is 1.59. The number of carbonyl (C=O) groups excluding carboxylic acids is 1. The highest BCUT2D eigenvalue weighted by molar-refractivity contribution is 9.10. The summed E-state index contributed by atoms with van der Waals surface area (Å²) in [7, 11) is 1.69. The lowest BCUT2D eigenvalue weighted by Gasteiger charge is -2.23. The van der Waals surface area contributed by atoms with Gasteiger partial charge in [0, 0.05) is 30.2 Å². The molecule has 0 saturated carbocycles. The first-order chi connectivity index (χ1) is 9.00. The van der Waals surface area contributed by atoms with Crippen molar-refractivity contribution in [3.63, 3.8) is 0 Å². The SMILES string of the molecule is CN(C(=O)c1ccc(Br)cc1[N+](=O)[O-])C1CCNC1. The van der Waals surface area contributed by atoms with E-state index in [4.69, 9.17) is 0 Å². The fourth-order valence-corrected chi connectivity index (χ4v) is 2.51. The molecule has 19 heavy (non-hydrogen) atoms. The summed E-state index contributed by atoms with van der Waals surface area (Å²) in [6, 6.07) is 4.58. The fourth-order valence-electron chi connectivity index (χ4n) is 2.16. The Morgan fingerprint density at radius 3 is 2.89 bits per heavy atom. The van der Waals surface area contributed by atoms with E-state index >= 15 is 0 Å². The van der Waals surface area contributed by atoms with Crippen LogP contribution in [0.15, 0.2) is 22.7 Å². The van der Waals surface area contributed by atoms with Crippen LogP contribution in [0.25, 0.3) is 0 Å². The topological polar surface area (TPSA) is 75.5 Å². The van der Waals surface area contributed by atoms with Crippen molar-refractivity contribution in [3.8, 4) is 0 Å². The number of nitrogens with one attached hydrogen (secondary N) is 1. The van der Waals surface area contributed by atoms with Gasteiger partial charge in [0.1, 0.15) is 5.56 Å². The first-order valence-corrected chi connectivity index (χ1v) is 6.72. The van der Waals surface area contributed by atoms with Crippen LogP contribution < -0.4 is 5.32 Å². The van der Waals surface area contributed by atoms with Gasteiger partial charge in [-0.3, -0.25) is 14.9 Å². The van der Waals surface area contributed by atoms with E-state index in [0.717, 1.165) is 19.5 Å². The first kappa shape index (κ1) is 14.0. The van der Waals surface area contributed by atoms with Crippen molar-refractivity contribution in [2.24, 2.45) is 0 Å². The van der Waals surface area contributed by atoms with E-state index < -0.39 is 4.92 Å². The van der Waals surface area contributed by atoms with Gasteiger partial charge in [0.25, 0.3) is 11.6 Å². The fraction of sp³-hybridized carbons (Fsp3) is 0.417. The summed E-state index contributed by atoms with van der Waals surface area (Å²) in [5.41, 5.74) is -0.0419. The van der Waals surface area contributed by atoms with Crippen molar-refractivity contribution in [1.29, 1.82) is 0 Å². The molecule has 1 saturated heterocycles. The molecule has 0 spiro atoms. The summed E-state index contributed by atoms with van der Waals surface area (Å²) < 4.78 is 0.584. The Hall–Kier alpha value is -1.47. The number of nitro benzene ring substituents is 1. The van der Waals surface area contributed by atoms with Gasteiger partial charge in [-0.1, -0.05) is 15.9 Å². The predicted molar refractivity (Wildman–Crippen MR) is 74.2 cm³/mol. The molecule has 1 N–H and O–H groups in total. The van der Waals surface area contributed by atoms with E-state index in [1.807, 2.05) is 0 Å². The third-order valence-corrected chi connectivity index (χ3v) is 3.78. The van der Waals surface area contributed by atoms with Crippen molar-refractivity contribution in [1.82, 2.24) is 10.2 Å². The summed E-state index contributed by atoms with van der Waals surface area (Å²) in [5, 5.41) is 14.2. The number of hydrogen-bond acceptors (Lipinski definition) is 4. The standard InChI is InChI=1S/C12H14BrN3O3/c1-15(9-4-5-14-7-9)12(17)10-3-2-8(13)6-11(10)16(18)19/h2-3,6,9,14H,4-5,7H2,1H3. The average molecular weight is 328 g/mol. The third kappa shape index (κ3) is 2.93. The van der Waals surface area contributed by atoms with Gasteiger partial charge in [0.05, 0.1) is 4.92 Å². The second-order valence-electron chi connectivity index (χ2n) is 4.48. The van der Waals surface area contributed by atoms with Crippen LogP contribution in [0.1, 0.15) is 16.8 Å². The Bertz CT molecular complexity index is 515. The molecule has 1 fully saturated rings. The molecule has 1 heterocycles. The van der Waals surface area contributed by atoms with E-state index in [2.05, 4.69) is 21.2 Å². The minimum Gasteiger partial charge on any atom is -0.337 e. The zero-order valence-corrected chi connectivity index (χ0v) is 12.0. The second-order valence-corrected chi connectivity index (χ2v) is 5.40. The van der Waals surface area contributed by atoms with Gasteiger partial charge in [-0.05, 0) is 25.1 Å². The third-order valence-electron chi connectivity index (χ3n) is 3.29. The molecule has 1 amide bonds. The molecular formula is C12H14BrN3O3. The Morgan fingerprint density at radius 2 is 2.32 bits per heavy atom. The molecule has 2 rings (SSSR count). The number of hydrogen-bond donors (Lipinski definition) is 1. The first-order valence-electron chi connectivity index (χ1n) is 5.92. The molecule has 0 aliphatic carbocycles. The van der Waals surface area contributed by atoms with Gasteiger partial charge in [0.2, 0.25) is 0 Å². The highest BCUT2D eigenvalue weighted by Crippen LogP contribution is 2.25. The van der Waals surface area contributed by atoms with Crippen LogP contribution in [0.5, 0.6) is 0 Å². The van der Waals surface area contributed by atoms with Crippen LogP contribution >= 0.6 is 15.9 Å². The maximum Gasteiger partial charge on any atom is 0.283 e. The molecule has 7 heteroatoms. The van der Waals surface area contributed by atoms with Crippen LogP contribution in [0.4, 0.5) is 5.69 Å². The van der Waals surface area contributed by atoms with Crippen LogP contribution in [-0.4, -0.2) is 41.9 Å². The Labute approximate surface area is 119 Å². The summed E-state index contributed by atoms with van der Waals surface area (Å²) in [4.78, 5) is 24.4. The molecule has 1 aliphatic heterocycles. The van der Waals surface area contributed by atoms with Crippen LogP contribution in [0.3, 0.4) is 0 Å². The van der Waals surface area contributed by atoms with Crippen molar-refractivity contribution < 1.29 is 9.72 Å². The monoisotopic (exact) mass is 327 g/mol. The highest BCUT2D eigenvalue weighted by atomic mass is 79.9. The Kier molecular flexibility index (Phi) is 4.16. The van der Waals surface area contributed by atoms with E-state index in [1.54, 1.807) is 18.0 Å². The van der Waals surface area contributed by atoms with Gasteiger partial charge in [0.15, 0.2) is 0 Å². The Balaban J connectivity index is 2.30. The number of benzene rings is 1.